The number of nitrogens with zero attached hydrogens (tertiary/aromatic N) is 2. The Balaban J connectivity index is 2.17. The number of hydrogen-bond acceptors (Lipinski definition) is 3. The molecule has 1 saturated heterocycles. The predicted molar refractivity (Wildman–Crippen MR) is 76.5 cm³/mol. The molecule has 2 heterocycles. The Morgan fingerprint density at radius 2 is 2.20 bits per heavy atom. The molecule has 5 heteroatoms. The third-order valence-corrected chi connectivity index (χ3v) is 3.98. The fourth-order valence-electron chi connectivity index (χ4n) is 2.98. The molecule has 0 radical (unpaired) electrons. The second-order valence-electron chi connectivity index (χ2n) is 5.61. The van der Waals surface area contributed by atoms with Crippen LogP contribution in [0.1, 0.15) is 31.6 Å². The minimum Gasteiger partial charge on any atom is -0.379 e. The van der Waals surface area contributed by atoms with Gasteiger partial charge in [-0.05, 0) is 39.1 Å². The van der Waals surface area contributed by atoms with Gasteiger partial charge in [0.25, 0.3) is 0 Å². The van der Waals surface area contributed by atoms with Gasteiger partial charge >= 0.3 is 0 Å². The molecule has 1 aromatic carbocycles. The number of hydrogen-bond donors (Lipinski definition) is 1. The van der Waals surface area contributed by atoms with Crippen molar-refractivity contribution >= 4 is 11.0 Å². The molecule has 0 amide bonds. The van der Waals surface area contributed by atoms with Crippen LogP contribution in [0.15, 0.2) is 18.2 Å². The minimum absolute atomic E-state index is 0.206. The average molecular weight is 277 g/mol. The van der Waals surface area contributed by atoms with E-state index in [2.05, 4.69) is 23.7 Å². The highest BCUT2D eigenvalue weighted by atomic mass is 19.1. The third-order valence-electron chi connectivity index (χ3n) is 3.98. The number of rotatable bonds is 3. The smallest absolute Gasteiger partial charge is 0.125 e. The van der Waals surface area contributed by atoms with E-state index in [9.17, 15) is 4.39 Å². The summed E-state index contributed by atoms with van der Waals surface area (Å²) in [5, 5.41) is 3.28. The topological polar surface area (TPSA) is 39.1 Å². The summed E-state index contributed by atoms with van der Waals surface area (Å²) in [7, 11) is 1.94. The maximum absolute atomic E-state index is 13.5. The van der Waals surface area contributed by atoms with E-state index in [-0.39, 0.29) is 23.8 Å². The van der Waals surface area contributed by atoms with Crippen LogP contribution in [0, 0.1) is 5.82 Å². The summed E-state index contributed by atoms with van der Waals surface area (Å²) in [5.74, 6) is 0.967. The van der Waals surface area contributed by atoms with Crippen LogP contribution in [-0.4, -0.2) is 35.9 Å². The fraction of sp³-hybridized carbons (Fsp3) is 0.533. The molecule has 1 aromatic heterocycles. The highest BCUT2D eigenvalue weighted by Gasteiger charge is 2.33. The van der Waals surface area contributed by atoms with Crippen LogP contribution in [-0.2, 0) is 4.74 Å². The molecule has 1 aliphatic rings. The van der Waals surface area contributed by atoms with E-state index in [1.54, 1.807) is 12.1 Å². The van der Waals surface area contributed by atoms with Crippen LogP contribution < -0.4 is 5.32 Å². The molecule has 2 unspecified atom stereocenters. The Labute approximate surface area is 117 Å². The Morgan fingerprint density at radius 3 is 2.90 bits per heavy atom. The summed E-state index contributed by atoms with van der Waals surface area (Å²) in [4.78, 5) is 4.73. The minimum atomic E-state index is -0.223. The maximum Gasteiger partial charge on any atom is 0.125 e. The largest absolute Gasteiger partial charge is 0.379 e. The molecule has 0 bridgehead atoms. The van der Waals surface area contributed by atoms with Gasteiger partial charge in [0.15, 0.2) is 0 Å². The monoisotopic (exact) mass is 277 g/mol. The van der Waals surface area contributed by atoms with E-state index in [1.165, 1.54) is 6.07 Å². The molecule has 20 heavy (non-hydrogen) atoms. The maximum atomic E-state index is 13.5. The molecular weight excluding hydrogens is 257 g/mol. The van der Waals surface area contributed by atoms with E-state index in [1.807, 2.05) is 7.05 Å². The van der Waals surface area contributed by atoms with Gasteiger partial charge in [0.1, 0.15) is 11.6 Å². The zero-order valence-electron chi connectivity index (χ0n) is 12.1. The van der Waals surface area contributed by atoms with Gasteiger partial charge in [0.05, 0.1) is 30.2 Å². The van der Waals surface area contributed by atoms with Crippen LogP contribution in [0.3, 0.4) is 0 Å². The summed E-state index contributed by atoms with van der Waals surface area (Å²) in [6.45, 7) is 5.54. The number of imidazole rings is 1. The van der Waals surface area contributed by atoms with E-state index in [0.717, 1.165) is 16.9 Å². The number of fused-ring (bicyclic) bond motifs is 1. The van der Waals surface area contributed by atoms with E-state index >= 15 is 0 Å². The second-order valence-corrected chi connectivity index (χ2v) is 5.61. The number of aromatic nitrogens is 2. The van der Waals surface area contributed by atoms with Gasteiger partial charge in [-0.25, -0.2) is 9.37 Å². The lowest BCUT2D eigenvalue weighted by Crippen LogP contribution is -2.32. The molecule has 0 aliphatic carbocycles. The van der Waals surface area contributed by atoms with Crippen molar-refractivity contribution in [3.05, 3.63) is 29.8 Å². The van der Waals surface area contributed by atoms with Crippen LogP contribution in [0.4, 0.5) is 4.39 Å². The van der Waals surface area contributed by atoms with Gasteiger partial charge in [-0.2, -0.15) is 0 Å². The first-order chi connectivity index (χ1) is 9.61. The standard InChI is InChI=1S/C15H20FN3O/c1-9(2)19-14-6-10(16)4-5-12(14)18-15(19)11-7-20-8-13(11)17-3/h4-6,9,11,13,17H,7-8H2,1-3H3. The molecule has 2 atom stereocenters. The molecule has 1 N–H and O–H groups in total. The molecule has 4 nitrogen and oxygen atoms in total. The van der Waals surface area contributed by atoms with Gasteiger partial charge in [0.2, 0.25) is 0 Å². The van der Waals surface area contributed by atoms with Crippen molar-refractivity contribution in [2.45, 2.75) is 31.8 Å². The Morgan fingerprint density at radius 1 is 1.40 bits per heavy atom. The molecule has 108 valence electrons. The SMILES string of the molecule is CNC1COCC1c1nc2ccc(F)cc2n1C(C)C. The lowest BCUT2D eigenvalue weighted by molar-refractivity contribution is 0.187. The van der Waals surface area contributed by atoms with Crippen LogP contribution >= 0.6 is 0 Å². The van der Waals surface area contributed by atoms with Crippen LogP contribution in [0.2, 0.25) is 0 Å². The van der Waals surface area contributed by atoms with Crippen LogP contribution in [0.5, 0.6) is 0 Å². The van der Waals surface area contributed by atoms with Crippen molar-refractivity contribution in [3.63, 3.8) is 0 Å². The van der Waals surface area contributed by atoms with Crippen molar-refractivity contribution in [3.8, 4) is 0 Å². The molecular formula is C15H20FN3O. The number of likely N-dealkylation sites (N-methyl/N-ethyl adjacent to an activating group) is 1. The molecule has 1 aliphatic heterocycles. The van der Waals surface area contributed by atoms with Gasteiger partial charge in [-0.3, -0.25) is 0 Å². The first-order valence-corrected chi connectivity index (χ1v) is 7.04. The zero-order valence-corrected chi connectivity index (χ0v) is 12.1. The Bertz CT molecular complexity index is 623. The summed E-state index contributed by atoms with van der Waals surface area (Å²) < 4.78 is 21.2. The molecule has 0 spiro atoms. The zero-order chi connectivity index (χ0) is 14.3. The van der Waals surface area contributed by atoms with Gasteiger partial charge in [-0.15, -0.1) is 0 Å². The van der Waals surface area contributed by atoms with Crippen LogP contribution in [0.25, 0.3) is 11.0 Å². The fourth-order valence-corrected chi connectivity index (χ4v) is 2.98. The lowest BCUT2D eigenvalue weighted by Gasteiger charge is -2.20. The summed E-state index contributed by atoms with van der Waals surface area (Å²) in [6, 6.07) is 5.27. The average Bonchev–Trinajstić information content (AvgIpc) is 3.00. The Kier molecular flexibility index (Phi) is 3.48. The first kappa shape index (κ1) is 13.5. The number of benzene rings is 1. The first-order valence-electron chi connectivity index (χ1n) is 7.04. The summed E-state index contributed by atoms with van der Waals surface area (Å²) in [6.07, 6.45) is 0. The highest BCUT2D eigenvalue weighted by Crippen LogP contribution is 2.31. The van der Waals surface area contributed by atoms with Gasteiger partial charge in [0, 0.05) is 12.1 Å². The molecule has 2 aromatic rings. The van der Waals surface area contributed by atoms with Crippen molar-refractivity contribution in [1.29, 1.82) is 0 Å². The van der Waals surface area contributed by atoms with Crippen molar-refractivity contribution in [2.75, 3.05) is 20.3 Å². The second kappa shape index (κ2) is 5.14. The quantitative estimate of drug-likeness (QED) is 0.936. The highest BCUT2D eigenvalue weighted by molar-refractivity contribution is 5.76. The molecule has 1 fully saturated rings. The predicted octanol–water partition coefficient (Wildman–Crippen LogP) is 2.46. The summed E-state index contributed by atoms with van der Waals surface area (Å²) >= 11 is 0. The molecule has 0 saturated carbocycles. The normalized spacial score (nSPS) is 23.1. The van der Waals surface area contributed by atoms with E-state index in [0.29, 0.717) is 13.2 Å². The van der Waals surface area contributed by atoms with Gasteiger partial charge < -0.3 is 14.6 Å². The third kappa shape index (κ3) is 2.11. The Hall–Kier alpha value is -1.46. The van der Waals surface area contributed by atoms with Crippen molar-refractivity contribution in [2.24, 2.45) is 0 Å². The van der Waals surface area contributed by atoms with Crippen molar-refractivity contribution < 1.29 is 9.13 Å². The number of ether oxygens (including phenoxy) is 1. The lowest BCUT2D eigenvalue weighted by atomic mass is 10.0. The van der Waals surface area contributed by atoms with Crippen molar-refractivity contribution in [1.82, 2.24) is 14.9 Å². The summed E-state index contributed by atoms with van der Waals surface area (Å²) in [5.41, 5.74) is 1.70. The molecule has 3 rings (SSSR count). The van der Waals surface area contributed by atoms with E-state index in [4.69, 9.17) is 9.72 Å². The van der Waals surface area contributed by atoms with E-state index < -0.39 is 0 Å². The van der Waals surface area contributed by atoms with Gasteiger partial charge in [-0.1, -0.05) is 0 Å². The number of halogens is 1. The number of nitrogens with one attached hydrogen (secondary N) is 1.